The van der Waals surface area contributed by atoms with Crippen LogP contribution < -0.4 is 0 Å². The molecule has 120 valence electrons. The van der Waals surface area contributed by atoms with Crippen molar-refractivity contribution in [2.75, 3.05) is 20.2 Å². The lowest BCUT2D eigenvalue weighted by atomic mass is 9.79. The Bertz CT molecular complexity index is 400. The lowest BCUT2D eigenvalue weighted by molar-refractivity contribution is -0.182. The molecule has 2 aliphatic rings. The van der Waals surface area contributed by atoms with Crippen LogP contribution in [0.1, 0.15) is 40.5 Å². The number of likely N-dealkylation sites (tertiary alicyclic amines) is 2. The highest BCUT2D eigenvalue weighted by Crippen LogP contribution is 2.36. The van der Waals surface area contributed by atoms with Crippen LogP contribution in [0.15, 0.2) is 0 Å². The van der Waals surface area contributed by atoms with Crippen molar-refractivity contribution in [2.45, 2.75) is 58.7 Å². The van der Waals surface area contributed by atoms with Crippen LogP contribution in [0.4, 0.5) is 0 Å². The first-order valence-electron chi connectivity index (χ1n) is 8.02. The SMILES string of the molecule is CO[C@H]1C(=O)N(C(C)C)[C@H]1C1CCN(C(=O)C(C)C)CC1. The van der Waals surface area contributed by atoms with E-state index in [9.17, 15) is 9.59 Å². The van der Waals surface area contributed by atoms with Crippen molar-refractivity contribution in [1.82, 2.24) is 9.80 Å². The zero-order valence-electron chi connectivity index (χ0n) is 13.8. The highest BCUT2D eigenvalue weighted by atomic mass is 16.5. The molecule has 0 aromatic heterocycles. The second-order valence-corrected chi connectivity index (χ2v) is 6.80. The van der Waals surface area contributed by atoms with Gasteiger partial charge in [-0.1, -0.05) is 13.8 Å². The first-order valence-corrected chi connectivity index (χ1v) is 8.02. The van der Waals surface area contributed by atoms with E-state index in [-0.39, 0.29) is 35.9 Å². The third-order valence-electron chi connectivity index (χ3n) is 4.77. The summed E-state index contributed by atoms with van der Waals surface area (Å²) in [6.07, 6.45) is 1.63. The maximum absolute atomic E-state index is 12.1. The molecule has 2 fully saturated rings. The summed E-state index contributed by atoms with van der Waals surface area (Å²) in [5, 5.41) is 0. The molecule has 0 aromatic rings. The van der Waals surface area contributed by atoms with Crippen molar-refractivity contribution in [1.29, 1.82) is 0 Å². The summed E-state index contributed by atoms with van der Waals surface area (Å²) >= 11 is 0. The minimum absolute atomic E-state index is 0.0608. The first-order chi connectivity index (χ1) is 9.88. The minimum atomic E-state index is -0.287. The second-order valence-electron chi connectivity index (χ2n) is 6.80. The lowest BCUT2D eigenvalue weighted by Gasteiger charge is -2.53. The number of β-lactam (4-membered cyclic amide) rings is 1. The number of piperidine rings is 1. The molecular formula is C16H28N2O3. The topological polar surface area (TPSA) is 49.9 Å². The van der Waals surface area contributed by atoms with Gasteiger partial charge in [0.15, 0.2) is 6.10 Å². The number of methoxy groups -OCH3 is 1. The molecule has 2 heterocycles. The van der Waals surface area contributed by atoms with Crippen LogP contribution in [0.3, 0.4) is 0 Å². The molecule has 21 heavy (non-hydrogen) atoms. The molecule has 2 rings (SSSR count). The van der Waals surface area contributed by atoms with Gasteiger partial charge in [0.05, 0.1) is 6.04 Å². The van der Waals surface area contributed by atoms with E-state index in [1.807, 2.05) is 37.5 Å². The fraction of sp³-hybridized carbons (Fsp3) is 0.875. The molecule has 0 spiro atoms. The van der Waals surface area contributed by atoms with E-state index in [0.29, 0.717) is 5.92 Å². The van der Waals surface area contributed by atoms with Gasteiger partial charge in [0, 0.05) is 32.2 Å². The van der Waals surface area contributed by atoms with Crippen LogP contribution in [0, 0.1) is 11.8 Å². The van der Waals surface area contributed by atoms with Crippen LogP contribution in [-0.2, 0) is 14.3 Å². The molecule has 0 aromatic carbocycles. The van der Waals surface area contributed by atoms with Gasteiger partial charge in [0.1, 0.15) is 0 Å². The van der Waals surface area contributed by atoms with Crippen LogP contribution >= 0.6 is 0 Å². The highest BCUT2D eigenvalue weighted by molar-refractivity contribution is 5.88. The third kappa shape index (κ3) is 2.93. The average Bonchev–Trinajstić information content (AvgIpc) is 2.44. The Morgan fingerprint density at radius 2 is 1.76 bits per heavy atom. The van der Waals surface area contributed by atoms with E-state index in [0.717, 1.165) is 25.9 Å². The minimum Gasteiger partial charge on any atom is -0.369 e. The van der Waals surface area contributed by atoms with Gasteiger partial charge in [-0.05, 0) is 32.6 Å². The van der Waals surface area contributed by atoms with Crippen molar-refractivity contribution in [3.05, 3.63) is 0 Å². The molecule has 2 atom stereocenters. The van der Waals surface area contributed by atoms with Crippen molar-refractivity contribution in [3.63, 3.8) is 0 Å². The van der Waals surface area contributed by atoms with E-state index in [1.165, 1.54) is 0 Å². The van der Waals surface area contributed by atoms with E-state index >= 15 is 0 Å². The van der Waals surface area contributed by atoms with E-state index in [1.54, 1.807) is 7.11 Å². The molecule has 0 unspecified atom stereocenters. The van der Waals surface area contributed by atoms with Gasteiger partial charge in [-0.2, -0.15) is 0 Å². The Hall–Kier alpha value is -1.10. The van der Waals surface area contributed by atoms with Crippen molar-refractivity contribution in [3.8, 4) is 0 Å². The number of hydrogen-bond acceptors (Lipinski definition) is 3. The second kappa shape index (κ2) is 6.34. The van der Waals surface area contributed by atoms with E-state index < -0.39 is 0 Å². The van der Waals surface area contributed by atoms with Crippen molar-refractivity contribution >= 4 is 11.8 Å². The predicted molar refractivity (Wildman–Crippen MR) is 80.7 cm³/mol. The van der Waals surface area contributed by atoms with Crippen LogP contribution in [0.25, 0.3) is 0 Å². The number of rotatable bonds is 4. The van der Waals surface area contributed by atoms with Crippen LogP contribution in [-0.4, -0.2) is 60.0 Å². The van der Waals surface area contributed by atoms with Crippen molar-refractivity contribution in [2.24, 2.45) is 11.8 Å². The molecule has 0 aliphatic carbocycles. The highest BCUT2D eigenvalue weighted by Gasteiger charge is 2.52. The lowest BCUT2D eigenvalue weighted by Crippen LogP contribution is -2.70. The maximum atomic E-state index is 12.1. The third-order valence-corrected chi connectivity index (χ3v) is 4.77. The molecule has 0 radical (unpaired) electrons. The number of carbonyl (C=O) groups excluding carboxylic acids is 2. The molecule has 5 nitrogen and oxygen atoms in total. The van der Waals surface area contributed by atoms with E-state index in [4.69, 9.17) is 4.74 Å². The molecule has 5 heteroatoms. The van der Waals surface area contributed by atoms with Crippen LogP contribution in [0.2, 0.25) is 0 Å². The molecule has 0 N–H and O–H groups in total. The summed E-state index contributed by atoms with van der Waals surface area (Å²) in [6.45, 7) is 9.59. The Morgan fingerprint density at radius 3 is 2.19 bits per heavy atom. The Kier molecular flexibility index (Phi) is 4.91. The zero-order chi connectivity index (χ0) is 15.7. The van der Waals surface area contributed by atoms with Gasteiger partial charge in [-0.15, -0.1) is 0 Å². The molecule has 2 amide bonds. The molecule has 2 saturated heterocycles. The Balaban J connectivity index is 1.97. The summed E-state index contributed by atoms with van der Waals surface area (Å²) < 4.78 is 5.39. The number of ether oxygens (including phenoxy) is 1. The van der Waals surface area contributed by atoms with Crippen LogP contribution in [0.5, 0.6) is 0 Å². The monoisotopic (exact) mass is 296 g/mol. The number of amides is 2. The van der Waals surface area contributed by atoms with Gasteiger partial charge in [0.2, 0.25) is 5.91 Å². The molecular weight excluding hydrogens is 268 g/mol. The number of carbonyl (C=O) groups is 2. The predicted octanol–water partition coefficient (Wildman–Crippen LogP) is 1.52. The average molecular weight is 296 g/mol. The van der Waals surface area contributed by atoms with Crippen molar-refractivity contribution < 1.29 is 14.3 Å². The molecule has 0 bridgehead atoms. The standard InChI is InChI=1S/C16H28N2O3/c1-10(2)15(19)17-8-6-12(7-9-17)13-14(21-5)16(20)18(13)11(3)4/h10-14H,6-9H2,1-5H3/t13-,14+/m0/s1. The fourth-order valence-corrected chi connectivity index (χ4v) is 3.64. The maximum Gasteiger partial charge on any atom is 0.254 e. The van der Waals surface area contributed by atoms with Gasteiger partial charge in [0.25, 0.3) is 5.91 Å². The summed E-state index contributed by atoms with van der Waals surface area (Å²) in [5.41, 5.74) is 0. The summed E-state index contributed by atoms with van der Waals surface area (Å²) in [4.78, 5) is 28.0. The van der Waals surface area contributed by atoms with Gasteiger partial charge >= 0.3 is 0 Å². The molecule has 2 aliphatic heterocycles. The summed E-state index contributed by atoms with van der Waals surface area (Å²) in [5.74, 6) is 0.845. The quantitative estimate of drug-likeness (QED) is 0.739. The molecule has 0 saturated carbocycles. The van der Waals surface area contributed by atoms with Gasteiger partial charge < -0.3 is 14.5 Å². The first kappa shape index (κ1) is 16.3. The Morgan fingerprint density at radius 1 is 1.19 bits per heavy atom. The summed E-state index contributed by atoms with van der Waals surface area (Å²) in [7, 11) is 1.62. The van der Waals surface area contributed by atoms with E-state index in [2.05, 4.69) is 0 Å². The largest absolute Gasteiger partial charge is 0.369 e. The zero-order valence-corrected chi connectivity index (χ0v) is 13.8. The fourth-order valence-electron chi connectivity index (χ4n) is 3.64. The number of hydrogen-bond donors (Lipinski definition) is 0. The Labute approximate surface area is 127 Å². The smallest absolute Gasteiger partial charge is 0.254 e. The normalized spacial score (nSPS) is 27.5. The summed E-state index contributed by atoms with van der Waals surface area (Å²) in [6, 6.07) is 0.392. The van der Waals surface area contributed by atoms with Gasteiger partial charge in [-0.25, -0.2) is 0 Å². The number of nitrogens with zero attached hydrogens (tertiary/aromatic N) is 2. The van der Waals surface area contributed by atoms with Gasteiger partial charge in [-0.3, -0.25) is 9.59 Å².